The van der Waals surface area contributed by atoms with Crippen LogP contribution in [0.4, 0.5) is 0 Å². The van der Waals surface area contributed by atoms with E-state index in [1.807, 2.05) is 31.2 Å². The monoisotopic (exact) mass is 414 g/mol. The average Bonchev–Trinajstić information content (AvgIpc) is 2.75. The molecule has 1 aromatic heterocycles. The number of para-hydroxylation sites is 1. The predicted molar refractivity (Wildman–Crippen MR) is 116 cm³/mol. The zero-order chi connectivity index (χ0) is 20.1. The van der Waals surface area contributed by atoms with Crippen LogP contribution in [0.5, 0.6) is 0 Å². The highest BCUT2D eigenvalue weighted by atomic mass is 32.2. The molecule has 0 bridgehead atoms. The highest BCUT2D eigenvalue weighted by molar-refractivity contribution is 8.00. The van der Waals surface area contributed by atoms with E-state index in [0.29, 0.717) is 12.6 Å². The summed E-state index contributed by atoms with van der Waals surface area (Å²) in [5.74, 6) is 0.923. The molecule has 1 aliphatic carbocycles. The molecule has 1 aromatic carbocycles. The first kappa shape index (κ1) is 20.6. The fraction of sp³-hybridized carbons (Fsp3) is 0.591. The lowest BCUT2D eigenvalue weighted by atomic mass is 9.95. The largest absolute Gasteiger partial charge is 0.379 e. The number of benzene rings is 1. The van der Waals surface area contributed by atoms with Crippen LogP contribution in [0.25, 0.3) is 10.9 Å². The summed E-state index contributed by atoms with van der Waals surface area (Å²) in [7, 11) is 0. The van der Waals surface area contributed by atoms with Gasteiger partial charge in [-0.05, 0) is 25.8 Å². The standard InChI is InChI=1S/C22H30N4O2S/c1-16(21(27)23-17-7-3-2-4-8-17)29-22-18-9-5-6-10-19(18)24-20(25-22)15-26-11-13-28-14-12-26/h5-6,9-10,16-17H,2-4,7-8,11-15H2,1H3,(H,23,27)/t16-/m0/s1. The van der Waals surface area contributed by atoms with Crippen LogP contribution in [0.1, 0.15) is 44.9 Å². The second kappa shape index (κ2) is 9.87. The maximum absolute atomic E-state index is 12.8. The molecule has 1 N–H and O–H groups in total. The molecule has 2 aliphatic rings. The van der Waals surface area contributed by atoms with Gasteiger partial charge in [0.05, 0.1) is 30.5 Å². The minimum atomic E-state index is -0.188. The van der Waals surface area contributed by atoms with Crippen LogP contribution >= 0.6 is 11.8 Å². The molecule has 6 nitrogen and oxygen atoms in total. The fourth-order valence-corrected chi connectivity index (χ4v) is 4.97. The number of nitrogens with zero attached hydrogens (tertiary/aromatic N) is 3. The van der Waals surface area contributed by atoms with Crippen LogP contribution in [0, 0.1) is 0 Å². The van der Waals surface area contributed by atoms with Crippen molar-refractivity contribution >= 4 is 28.6 Å². The molecule has 0 spiro atoms. The topological polar surface area (TPSA) is 67.3 Å². The molecule has 4 rings (SSSR count). The van der Waals surface area contributed by atoms with E-state index in [9.17, 15) is 4.79 Å². The van der Waals surface area contributed by atoms with Crippen molar-refractivity contribution in [2.75, 3.05) is 26.3 Å². The van der Waals surface area contributed by atoms with Crippen molar-refractivity contribution in [3.63, 3.8) is 0 Å². The number of ether oxygens (including phenoxy) is 1. The van der Waals surface area contributed by atoms with E-state index in [1.165, 1.54) is 31.0 Å². The summed E-state index contributed by atoms with van der Waals surface area (Å²) < 4.78 is 5.44. The first-order valence-corrected chi connectivity index (χ1v) is 11.6. The summed E-state index contributed by atoms with van der Waals surface area (Å²) in [5.41, 5.74) is 0.938. The molecule has 1 saturated carbocycles. The van der Waals surface area contributed by atoms with Gasteiger partial charge in [-0.25, -0.2) is 9.97 Å². The Morgan fingerprint density at radius 1 is 1.21 bits per heavy atom. The van der Waals surface area contributed by atoms with E-state index in [-0.39, 0.29) is 11.2 Å². The van der Waals surface area contributed by atoms with Gasteiger partial charge in [-0.2, -0.15) is 0 Å². The summed E-state index contributed by atoms with van der Waals surface area (Å²) in [6.07, 6.45) is 5.92. The third-order valence-electron chi connectivity index (χ3n) is 5.69. The van der Waals surface area contributed by atoms with Crippen molar-refractivity contribution in [3.8, 4) is 0 Å². The number of morpholine rings is 1. The van der Waals surface area contributed by atoms with E-state index >= 15 is 0 Å². The Bertz CT molecular complexity index is 835. The van der Waals surface area contributed by atoms with Gasteiger partial charge in [-0.15, -0.1) is 0 Å². The number of hydrogen-bond acceptors (Lipinski definition) is 6. The first-order chi connectivity index (χ1) is 14.2. The van der Waals surface area contributed by atoms with Crippen LogP contribution in [0.15, 0.2) is 29.3 Å². The van der Waals surface area contributed by atoms with Gasteiger partial charge >= 0.3 is 0 Å². The molecule has 2 fully saturated rings. The van der Waals surface area contributed by atoms with Gasteiger partial charge in [-0.1, -0.05) is 49.2 Å². The summed E-state index contributed by atoms with van der Waals surface area (Å²) in [6, 6.07) is 8.41. The molecule has 1 saturated heterocycles. The van der Waals surface area contributed by atoms with Crippen LogP contribution in [-0.4, -0.2) is 58.4 Å². The number of carbonyl (C=O) groups is 1. The van der Waals surface area contributed by atoms with Gasteiger partial charge in [0.1, 0.15) is 10.9 Å². The van der Waals surface area contributed by atoms with E-state index in [0.717, 1.165) is 60.9 Å². The third-order valence-corrected chi connectivity index (χ3v) is 6.79. The van der Waals surface area contributed by atoms with Gasteiger partial charge in [-0.3, -0.25) is 9.69 Å². The van der Waals surface area contributed by atoms with Gasteiger partial charge < -0.3 is 10.1 Å². The van der Waals surface area contributed by atoms with Crippen molar-refractivity contribution in [1.29, 1.82) is 0 Å². The zero-order valence-corrected chi connectivity index (χ0v) is 17.9. The predicted octanol–water partition coefficient (Wildman–Crippen LogP) is 3.39. The quantitative estimate of drug-likeness (QED) is 0.577. The Kier molecular flexibility index (Phi) is 7.00. The molecular weight excluding hydrogens is 384 g/mol. The number of nitrogens with one attached hydrogen (secondary N) is 1. The molecule has 0 unspecified atom stereocenters. The average molecular weight is 415 g/mol. The SMILES string of the molecule is C[C@H](Sc1nc(CN2CCOCC2)nc2ccccc12)C(=O)NC1CCCCC1. The Morgan fingerprint density at radius 3 is 2.76 bits per heavy atom. The maximum atomic E-state index is 12.8. The van der Waals surface area contributed by atoms with Crippen LogP contribution in [-0.2, 0) is 16.1 Å². The number of carbonyl (C=O) groups excluding carboxylic acids is 1. The molecule has 1 atom stereocenters. The van der Waals surface area contributed by atoms with Crippen molar-refractivity contribution in [3.05, 3.63) is 30.1 Å². The van der Waals surface area contributed by atoms with Gasteiger partial charge in [0, 0.05) is 24.5 Å². The van der Waals surface area contributed by atoms with Crippen LogP contribution in [0.3, 0.4) is 0 Å². The van der Waals surface area contributed by atoms with Gasteiger partial charge in [0.15, 0.2) is 0 Å². The fourth-order valence-electron chi connectivity index (χ4n) is 4.00. The molecule has 7 heteroatoms. The normalized spacial score (nSPS) is 19.9. The smallest absolute Gasteiger partial charge is 0.233 e. The molecule has 1 amide bonds. The highest BCUT2D eigenvalue weighted by Gasteiger charge is 2.22. The summed E-state index contributed by atoms with van der Waals surface area (Å²) in [4.78, 5) is 24.7. The number of fused-ring (bicyclic) bond motifs is 1. The number of amides is 1. The second-order valence-corrected chi connectivity index (χ2v) is 9.28. The van der Waals surface area contributed by atoms with Crippen molar-refractivity contribution in [1.82, 2.24) is 20.2 Å². The molecule has 2 aromatic rings. The van der Waals surface area contributed by atoms with E-state index < -0.39 is 0 Å². The summed E-state index contributed by atoms with van der Waals surface area (Å²) in [6.45, 7) is 6.00. The van der Waals surface area contributed by atoms with E-state index in [2.05, 4.69) is 10.2 Å². The van der Waals surface area contributed by atoms with E-state index in [1.54, 1.807) is 0 Å². The lowest BCUT2D eigenvalue weighted by Gasteiger charge is -2.26. The Hall–Kier alpha value is -1.70. The van der Waals surface area contributed by atoms with Crippen molar-refractivity contribution in [2.45, 2.75) is 61.9 Å². The Morgan fingerprint density at radius 2 is 1.97 bits per heavy atom. The molecule has 1 aliphatic heterocycles. The van der Waals surface area contributed by atoms with Crippen LogP contribution < -0.4 is 5.32 Å². The molecule has 2 heterocycles. The molecular formula is C22H30N4O2S. The molecule has 29 heavy (non-hydrogen) atoms. The number of hydrogen-bond donors (Lipinski definition) is 1. The maximum Gasteiger partial charge on any atom is 0.233 e. The summed E-state index contributed by atoms with van der Waals surface area (Å²) >= 11 is 1.54. The number of aromatic nitrogens is 2. The first-order valence-electron chi connectivity index (χ1n) is 10.7. The third kappa shape index (κ3) is 5.47. The lowest BCUT2D eigenvalue weighted by molar-refractivity contribution is -0.121. The Labute approximate surface area is 176 Å². The second-order valence-electron chi connectivity index (χ2n) is 7.95. The van der Waals surface area contributed by atoms with Gasteiger partial charge in [0.25, 0.3) is 0 Å². The van der Waals surface area contributed by atoms with Gasteiger partial charge in [0.2, 0.25) is 5.91 Å². The van der Waals surface area contributed by atoms with Crippen molar-refractivity contribution < 1.29 is 9.53 Å². The Balaban J connectivity index is 1.49. The number of thioether (sulfide) groups is 1. The number of rotatable bonds is 6. The van der Waals surface area contributed by atoms with E-state index in [4.69, 9.17) is 14.7 Å². The lowest BCUT2D eigenvalue weighted by Crippen LogP contribution is -2.40. The minimum Gasteiger partial charge on any atom is -0.379 e. The minimum absolute atomic E-state index is 0.110. The molecule has 156 valence electrons. The zero-order valence-electron chi connectivity index (χ0n) is 17.1. The highest BCUT2D eigenvalue weighted by Crippen LogP contribution is 2.29. The van der Waals surface area contributed by atoms with Crippen LogP contribution in [0.2, 0.25) is 0 Å². The summed E-state index contributed by atoms with van der Waals surface area (Å²) in [5, 5.41) is 4.96. The molecule has 0 radical (unpaired) electrons. The van der Waals surface area contributed by atoms with Crippen molar-refractivity contribution in [2.24, 2.45) is 0 Å².